The normalized spacial score (nSPS) is 13.7. The molecule has 9 heteroatoms. The van der Waals surface area contributed by atoms with E-state index in [0.717, 1.165) is 68.0 Å². The predicted octanol–water partition coefficient (Wildman–Crippen LogP) is 4.69. The third-order valence-electron chi connectivity index (χ3n) is 6.33. The maximum absolute atomic E-state index is 13.2. The van der Waals surface area contributed by atoms with Crippen LogP contribution in [0.4, 0.5) is 5.69 Å². The number of para-hydroxylation sites is 1. The van der Waals surface area contributed by atoms with Gasteiger partial charge in [0.2, 0.25) is 11.8 Å². The second-order valence-electron chi connectivity index (χ2n) is 9.19. The second-order valence-corrected chi connectivity index (χ2v) is 10.7. The first kappa shape index (κ1) is 29.6. The highest BCUT2D eigenvalue weighted by molar-refractivity contribution is 7.45. The fourth-order valence-corrected chi connectivity index (χ4v) is 4.67. The van der Waals surface area contributed by atoms with Crippen molar-refractivity contribution < 1.29 is 28.1 Å². The molecule has 0 aliphatic carbocycles. The Labute approximate surface area is 225 Å². The number of hydrogen-bond donors (Lipinski definition) is 1. The Bertz CT molecular complexity index is 1190. The number of carbonyl (C=O) groups excluding carboxylic acids is 2. The van der Waals surface area contributed by atoms with Gasteiger partial charge in [0.1, 0.15) is 0 Å². The van der Waals surface area contributed by atoms with Gasteiger partial charge in [-0.25, -0.2) is 0 Å². The number of phosphoric ester groups is 1. The van der Waals surface area contributed by atoms with E-state index in [1.807, 2.05) is 53.4 Å². The molecular formula is C29H36N2O6P-. The number of fused-ring (bicyclic) bond motifs is 2. The van der Waals surface area contributed by atoms with Gasteiger partial charge in [-0.15, -0.1) is 0 Å². The Morgan fingerprint density at radius 3 is 2.37 bits per heavy atom. The standard InChI is InChI=1S/C29H37N2O6P/c1-36-38(34,35)37-22-12-4-11-21-30-28(32)17-5-2-3-6-18-29(33)31-23-26-15-8-7-13-24(26)19-20-25-14-9-10-16-27(25)31/h7-10,13-16H,2-6,11-12,17-18,21-23H2,1H3,(H,30,32)(H,34,35)/p-1. The molecule has 1 atom stereocenters. The van der Waals surface area contributed by atoms with E-state index in [1.165, 1.54) is 0 Å². The molecule has 0 spiro atoms. The summed E-state index contributed by atoms with van der Waals surface area (Å²) in [6.45, 7) is 1.13. The monoisotopic (exact) mass is 539 g/mol. The zero-order valence-electron chi connectivity index (χ0n) is 21.9. The highest BCUT2D eigenvalue weighted by Crippen LogP contribution is 2.36. The van der Waals surface area contributed by atoms with Gasteiger partial charge in [-0.3, -0.25) is 14.2 Å². The number of carbonyl (C=O) groups is 2. The third kappa shape index (κ3) is 9.74. The van der Waals surface area contributed by atoms with Gasteiger partial charge in [-0.2, -0.15) is 0 Å². The molecule has 2 amide bonds. The van der Waals surface area contributed by atoms with E-state index in [0.29, 0.717) is 32.4 Å². The fourth-order valence-electron chi connectivity index (χ4n) is 4.21. The molecule has 1 heterocycles. The van der Waals surface area contributed by atoms with Crippen molar-refractivity contribution in [1.29, 1.82) is 0 Å². The average molecular weight is 540 g/mol. The molecule has 38 heavy (non-hydrogen) atoms. The van der Waals surface area contributed by atoms with Gasteiger partial charge in [0.25, 0.3) is 7.82 Å². The molecule has 0 saturated carbocycles. The number of nitrogens with one attached hydrogen (secondary N) is 1. The fraction of sp³-hybridized carbons (Fsp3) is 0.448. The number of nitrogens with zero attached hydrogens (tertiary/aromatic N) is 1. The van der Waals surface area contributed by atoms with Crippen LogP contribution in [0.25, 0.3) is 0 Å². The van der Waals surface area contributed by atoms with Gasteiger partial charge >= 0.3 is 0 Å². The number of amides is 2. The molecule has 8 nitrogen and oxygen atoms in total. The van der Waals surface area contributed by atoms with Crippen molar-refractivity contribution in [3.63, 3.8) is 0 Å². The van der Waals surface area contributed by atoms with Gasteiger partial charge in [0.15, 0.2) is 0 Å². The number of hydrogen-bond acceptors (Lipinski definition) is 6. The summed E-state index contributed by atoms with van der Waals surface area (Å²) >= 11 is 0. The number of phosphoric acid groups is 1. The molecule has 1 N–H and O–H groups in total. The van der Waals surface area contributed by atoms with Crippen LogP contribution in [0.3, 0.4) is 0 Å². The topological polar surface area (TPSA) is 108 Å². The molecule has 0 saturated heterocycles. The van der Waals surface area contributed by atoms with Crippen molar-refractivity contribution in [3.05, 3.63) is 65.2 Å². The number of unbranched alkanes of at least 4 members (excludes halogenated alkanes) is 5. The van der Waals surface area contributed by atoms with Gasteiger partial charge in [-0.1, -0.05) is 55.0 Å². The molecule has 1 aliphatic heterocycles. The van der Waals surface area contributed by atoms with Crippen LogP contribution >= 0.6 is 7.82 Å². The van der Waals surface area contributed by atoms with Gasteiger partial charge in [0.05, 0.1) is 18.8 Å². The van der Waals surface area contributed by atoms with E-state index >= 15 is 0 Å². The van der Waals surface area contributed by atoms with Crippen molar-refractivity contribution in [2.45, 2.75) is 64.3 Å². The van der Waals surface area contributed by atoms with Crippen molar-refractivity contribution in [1.82, 2.24) is 5.32 Å². The molecule has 1 aliphatic rings. The summed E-state index contributed by atoms with van der Waals surface area (Å²) in [5.41, 5.74) is 3.70. The molecular weight excluding hydrogens is 503 g/mol. The van der Waals surface area contributed by atoms with E-state index < -0.39 is 7.82 Å². The second kappa shape index (κ2) is 15.5. The lowest BCUT2D eigenvalue weighted by Gasteiger charge is -2.26. The van der Waals surface area contributed by atoms with E-state index in [2.05, 4.69) is 26.2 Å². The highest BCUT2D eigenvalue weighted by atomic mass is 31.2. The minimum Gasteiger partial charge on any atom is -0.756 e. The van der Waals surface area contributed by atoms with Crippen LogP contribution in [0, 0.1) is 11.8 Å². The van der Waals surface area contributed by atoms with Crippen molar-refractivity contribution >= 4 is 25.3 Å². The molecule has 0 fully saturated rings. The predicted molar refractivity (Wildman–Crippen MR) is 145 cm³/mol. The average Bonchev–Trinajstić information content (AvgIpc) is 2.91. The van der Waals surface area contributed by atoms with Gasteiger partial charge in [0, 0.05) is 37.6 Å². The summed E-state index contributed by atoms with van der Waals surface area (Å²) in [7, 11) is -3.09. The SMILES string of the molecule is COP(=O)([O-])OCCCCCNC(=O)CCCCCCC(=O)N1Cc2ccccc2C#Cc2ccccc21. The smallest absolute Gasteiger partial charge is 0.267 e. The van der Waals surface area contributed by atoms with Gasteiger partial charge < -0.3 is 24.2 Å². The van der Waals surface area contributed by atoms with Crippen molar-refractivity contribution in [2.75, 3.05) is 25.2 Å². The molecule has 2 aromatic carbocycles. The van der Waals surface area contributed by atoms with Crippen LogP contribution in [0.15, 0.2) is 48.5 Å². The Morgan fingerprint density at radius 2 is 1.58 bits per heavy atom. The van der Waals surface area contributed by atoms with E-state index in [9.17, 15) is 19.0 Å². The van der Waals surface area contributed by atoms with Crippen LogP contribution < -0.4 is 15.1 Å². The Kier molecular flexibility index (Phi) is 12.0. The summed E-state index contributed by atoms with van der Waals surface area (Å²) in [5.74, 6) is 6.55. The summed E-state index contributed by atoms with van der Waals surface area (Å²) < 4.78 is 19.9. The lowest BCUT2D eigenvalue weighted by atomic mass is 10.0. The number of anilines is 1. The molecule has 0 bridgehead atoms. The minimum absolute atomic E-state index is 0.0118. The molecule has 2 aromatic rings. The van der Waals surface area contributed by atoms with Crippen molar-refractivity contribution in [3.8, 4) is 11.8 Å². The summed E-state index contributed by atoms with van der Waals surface area (Å²) in [6, 6.07) is 15.7. The summed E-state index contributed by atoms with van der Waals surface area (Å²) in [6.07, 6.45) is 6.31. The Morgan fingerprint density at radius 1 is 0.921 bits per heavy atom. The highest BCUT2D eigenvalue weighted by Gasteiger charge is 2.20. The first-order chi connectivity index (χ1) is 18.4. The third-order valence-corrected chi connectivity index (χ3v) is 7.28. The number of benzene rings is 2. The largest absolute Gasteiger partial charge is 0.756 e. The van der Waals surface area contributed by atoms with Crippen molar-refractivity contribution in [2.24, 2.45) is 0 Å². The van der Waals surface area contributed by atoms with E-state index in [1.54, 1.807) is 0 Å². The van der Waals surface area contributed by atoms with Crippen LogP contribution in [0.2, 0.25) is 0 Å². The maximum Gasteiger partial charge on any atom is 0.267 e. The van der Waals surface area contributed by atoms with Crippen LogP contribution in [0.1, 0.15) is 74.5 Å². The lowest BCUT2D eigenvalue weighted by molar-refractivity contribution is -0.223. The first-order valence-corrected chi connectivity index (χ1v) is 14.6. The number of rotatable bonds is 15. The molecule has 0 radical (unpaired) electrons. The van der Waals surface area contributed by atoms with Crippen LogP contribution in [-0.2, 0) is 29.7 Å². The Hall–Kier alpha value is -2.95. The van der Waals surface area contributed by atoms with E-state index in [-0.39, 0.29) is 18.4 Å². The lowest BCUT2D eigenvalue weighted by Crippen LogP contribution is -2.31. The zero-order valence-corrected chi connectivity index (χ0v) is 22.8. The summed E-state index contributed by atoms with van der Waals surface area (Å²) in [4.78, 5) is 38.2. The van der Waals surface area contributed by atoms with E-state index in [4.69, 9.17) is 0 Å². The molecule has 3 rings (SSSR count). The quantitative estimate of drug-likeness (QED) is 0.200. The Balaban J connectivity index is 1.32. The van der Waals surface area contributed by atoms with Crippen LogP contribution in [-0.4, -0.2) is 32.1 Å². The molecule has 204 valence electrons. The van der Waals surface area contributed by atoms with Gasteiger partial charge in [-0.05, 0) is 55.9 Å². The molecule has 0 aromatic heterocycles. The molecule has 1 unspecified atom stereocenters. The van der Waals surface area contributed by atoms with Crippen LogP contribution in [0.5, 0.6) is 0 Å². The minimum atomic E-state index is -4.15. The zero-order chi connectivity index (χ0) is 27.2. The first-order valence-electron chi connectivity index (χ1n) is 13.2. The summed E-state index contributed by atoms with van der Waals surface area (Å²) in [5, 5.41) is 2.89. The maximum atomic E-state index is 13.2.